The molecule has 8 heteroatoms. The first-order valence-electron chi connectivity index (χ1n) is 11.6. The minimum absolute atomic E-state index is 0.110. The number of likely N-dealkylation sites (tertiary alicyclic amines) is 1. The molecule has 1 amide bonds. The van der Waals surface area contributed by atoms with Crippen LogP contribution in [0.25, 0.3) is 22.4 Å². The van der Waals surface area contributed by atoms with E-state index >= 15 is 0 Å². The summed E-state index contributed by atoms with van der Waals surface area (Å²) < 4.78 is 27.2. The lowest BCUT2D eigenvalue weighted by molar-refractivity contribution is -0.131. The monoisotopic (exact) mass is 491 g/mol. The number of carbonyl (C=O) groups excluding carboxylic acids is 1. The first-order valence-corrected chi connectivity index (χ1v) is 12.0. The quantitative estimate of drug-likeness (QED) is 0.371. The van der Waals surface area contributed by atoms with Gasteiger partial charge in [0.25, 0.3) is 0 Å². The Hall–Kier alpha value is -3.58. The molecule has 3 aromatic carbocycles. The fourth-order valence-corrected chi connectivity index (χ4v) is 5.07. The molecule has 0 unspecified atom stereocenters. The summed E-state index contributed by atoms with van der Waals surface area (Å²) in [7, 11) is 0. The molecule has 6 rings (SSSR count). The summed E-state index contributed by atoms with van der Waals surface area (Å²) in [5, 5.41) is 0.660. The Morgan fingerprint density at radius 2 is 1.77 bits per heavy atom. The molecular weight excluding hydrogens is 469 g/mol. The van der Waals surface area contributed by atoms with Crippen LogP contribution in [0.1, 0.15) is 24.4 Å². The molecule has 0 bridgehead atoms. The predicted molar refractivity (Wildman–Crippen MR) is 131 cm³/mol. The summed E-state index contributed by atoms with van der Waals surface area (Å²) in [6, 6.07) is 18.0. The van der Waals surface area contributed by atoms with Crippen molar-refractivity contribution in [3.63, 3.8) is 0 Å². The van der Waals surface area contributed by atoms with E-state index in [1.165, 1.54) is 12.1 Å². The number of imidazole rings is 1. The van der Waals surface area contributed by atoms with Crippen LogP contribution in [0.3, 0.4) is 0 Å². The normalized spacial score (nSPS) is 15.7. The highest BCUT2D eigenvalue weighted by Gasteiger charge is 2.28. The fourth-order valence-electron chi connectivity index (χ4n) is 4.94. The first kappa shape index (κ1) is 21.9. The van der Waals surface area contributed by atoms with E-state index in [0.717, 1.165) is 35.3 Å². The van der Waals surface area contributed by atoms with E-state index in [2.05, 4.69) is 4.57 Å². The molecule has 1 saturated heterocycles. The van der Waals surface area contributed by atoms with E-state index in [0.29, 0.717) is 41.5 Å². The summed E-state index contributed by atoms with van der Waals surface area (Å²) in [5.41, 5.74) is 3.32. The van der Waals surface area contributed by atoms with Crippen LogP contribution >= 0.6 is 11.6 Å². The summed E-state index contributed by atoms with van der Waals surface area (Å²) >= 11 is 5.96. The number of rotatable bonds is 4. The Bertz CT molecular complexity index is 1410. The topological polar surface area (TPSA) is 56.6 Å². The second-order valence-corrected chi connectivity index (χ2v) is 9.36. The van der Waals surface area contributed by atoms with Crippen LogP contribution in [0.2, 0.25) is 5.02 Å². The van der Waals surface area contributed by atoms with Crippen molar-refractivity contribution in [3.8, 4) is 22.9 Å². The highest BCUT2D eigenvalue weighted by Crippen LogP contribution is 2.39. The molecule has 0 spiro atoms. The van der Waals surface area contributed by atoms with Gasteiger partial charge in [0.05, 0.1) is 17.5 Å². The molecule has 1 aromatic heterocycles. The molecule has 0 N–H and O–H groups in total. The van der Waals surface area contributed by atoms with Crippen molar-refractivity contribution in [2.24, 2.45) is 0 Å². The molecule has 0 radical (unpaired) electrons. The minimum Gasteiger partial charge on any atom is -0.454 e. The molecule has 3 heterocycles. The molecule has 0 saturated carbocycles. The van der Waals surface area contributed by atoms with Crippen LogP contribution in [0.15, 0.2) is 60.7 Å². The van der Waals surface area contributed by atoms with Crippen LogP contribution in [-0.2, 0) is 11.2 Å². The summed E-state index contributed by atoms with van der Waals surface area (Å²) in [6.45, 7) is 1.50. The standard InChI is InChI=1S/C27H23ClFN3O3/c28-19-4-1-17(2-5-19)13-26(33)31-11-9-21(10-12-31)32-23-7-6-20(29)15-22(23)30-27(32)18-3-8-24-25(14-18)35-16-34-24/h1-8,14-15,21H,9-13,16H2. The van der Waals surface area contributed by atoms with Gasteiger partial charge in [0.15, 0.2) is 11.5 Å². The Morgan fingerprint density at radius 1 is 1.00 bits per heavy atom. The Balaban J connectivity index is 1.27. The Labute approximate surface area is 206 Å². The van der Waals surface area contributed by atoms with E-state index in [-0.39, 0.29) is 24.6 Å². The summed E-state index contributed by atoms with van der Waals surface area (Å²) in [5.74, 6) is 1.93. The zero-order valence-electron chi connectivity index (χ0n) is 18.9. The van der Waals surface area contributed by atoms with Crippen molar-refractivity contribution in [2.75, 3.05) is 19.9 Å². The van der Waals surface area contributed by atoms with E-state index in [9.17, 15) is 9.18 Å². The highest BCUT2D eigenvalue weighted by atomic mass is 35.5. The van der Waals surface area contributed by atoms with Gasteiger partial charge in [-0.1, -0.05) is 23.7 Å². The predicted octanol–water partition coefficient (Wildman–Crippen LogP) is 5.63. The van der Waals surface area contributed by atoms with Crippen LogP contribution in [0, 0.1) is 5.82 Å². The second kappa shape index (κ2) is 8.89. The SMILES string of the molecule is O=C(Cc1ccc(Cl)cc1)N1CCC(n2c(-c3ccc4c(c3)OCO4)nc3cc(F)ccc32)CC1. The van der Waals surface area contributed by atoms with Gasteiger partial charge in [0.1, 0.15) is 11.6 Å². The maximum atomic E-state index is 14.0. The molecule has 35 heavy (non-hydrogen) atoms. The molecule has 2 aliphatic rings. The van der Waals surface area contributed by atoms with Gasteiger partial charge in [-0.05, 0) is 60.9 Å². The van der Waals surface area contributed by atoms with Crippen LogP contribution in [0.4, 0.5) is 4.39 Å². The lowest BCUT2D eigenvalue weighted by Gasteiger charge is -2.34. The van der Waals surface area contributed by atoms with Crippen LogP contribution in [0.5, 0.6) is 11.5 Å². The van der Waals surface area contributed by atoms with Crippen molar-refractivity contribution >= 4 is 28.5 Å². The van der Waals surface area contributed by atoms with Crippen molar-refractivity contribution in [1.29, 1.82) is 0 Å². The number of carbonyl (C=O) groups is 1. The van der Waals surface area contributed by atoms with Crippen LogP contribution in [-0.4, -0.2) is 40.2 Å². The number of fused-ring (bicyclic) bond motifs is 2. The van der Waals surface area contributed by atoms with E-state index in [1.807, 2.05) is 35.2 Å². The molecule has 2 aliphatic heterocycles. The van der Waals surface area contributed by atoms with Gasteiger partial charge < -0.3 is 18.9 Å². The number of aromatic nitrogens is 2. The number of ether oxygens (including phenoxy) is 2. The summed E-state index contributed by atoms with van der Waals surface area (Å²) in [4.78, 5) is 19.6. The smallest absolute Gasteiger partial charge is 0.231 e. The zero-order chi connectivity index (χ0) is 23.9. The minimum atomic E-state index is -0.318. The number of halogens is 2. The second-order valence-electron chi connectivity index (χ2n) is 8.92. The van der Waals surface area contributed by atoms with Gasteiger partial charge in [-0.15, -0.1) is 0 Å². The average molecular weight is 492 g/mol. The van der Waals surface area contributed by atoms with Crippen molar-refractivity contribution in [1.82, 2.24) is 14.5 Å². The van der Waals surface area contributed by atoms with Crippen molar-refractivity contribution in [3.05, 3.63) is 77.1 Å². The lowest BCUT2D eigenvalue weighted by atomic mass is 10.0. The first-order chi connectivity index (χ1) is 17.0. The third-order valence-electron chi connectivity index (χ3n) is 6.73. The molecule has 1 fully saturated rings. The average Bonchev–Trinajstić information content (AvgIpc) is 3.49. The van der Waals surface area contributed by atoms with E-state index in [4.69, 9.17) is 26.1 Å². The molecule has 178 valence electrons. The van der Waals surface area contributed by atoms with E-state index < -0.39 is 0 Å². The molecule has 0 atom stereocenters. The number of amides is 1. The van der Waals surface area contributed by atoms with Gasteiger partial charge in [-0.3, -0.25) is 4.79 Å². The Morgan fingerprint density at radius 3 is 2.57 bits per heavy atom. The fraction of sp³-hybridized carbons (Fsp3) is 0.259. The van der Waals surface area contributed by atoms with Crippen molar-refractivity contribution < 1.29 is 18.7 Å². The molecule has 4 aromatic rings. The van der Waals surface area contributed by atoms with Gasteiger partial charge in [-0.25, -0.2) is 9.37 Å². The third-order valence-corrected chi connectivity index (χ3v) is 6.99. The molecule has 0 aliphatic carbocycles. The number of hydrogen-bond acceptors (Lipinski definition) is 4. The number of nitrogens with zero attached hydrogens (tertiary/aromatic N) is 3. The molecular formula is C27H23ClFN3O3. The lowest BCUT2D eigenvalue weighted by Crippen LogP contribution is -2.40. The Kier molecular flexibility index (Phi) is 5.57. The van der Waals surface area contributed by atoms with Gasteiger partial charge in [0.2, 0.25) is 12.7 Å². The van der Waals surface area contributed by atoms with Crippen molar-refractivity contribution in [2.45, 2.75) is 25.3 Å². The summed E-state index contributed by atoms with van der Waals surface area (Å²) in [6.07, 6.45) is 1.93. The van der Waals surface area contributed by atoms with Gasteiger partial charge in [-0.2, -0.15) is 0 Å². The highest BCUT2D eigenvalue weighted by molar-refractivity contribution is 6.30. The van der Waals surface area contributed by atoms with Crippen LogP contribution < -0.4 is 9.47 Å². The largest absolute Gasteiger partial charge is 0.454 e. The molecule has 6 nitrogen and oxygen atoms in total. The number of hydrogen-bond donors (Lipinski definition) is 0. The third kappa shape index (κ3) is 4.21. The van der Waals surface area contributed by atoms with E-state index in [1.54, 1.807) is 18.2 Å². The zero-order valence-corrected chi connectivity index (χ0v) is 19.7. The van der Waals surface area contributed by atoms with Gasteiger partial charge >= 0.3 is 0 Å². The maximum Gasteiger partial charge on any atom is 0.231 e. The number of piperidine rings is 1. The maximum absolute atomic E-state index is 14.0. The van der Waals surface area contributed by atoms with Gasteiger partial charge in [0, 0.05) is 35.8 Å². The number of benzene rings is 3.